The lowest BCUT2D eigenvalue weighted by atomic mass is 9.77. The molecule has 36 heavy (non-hydrogen) atoms. The lowest BCUT2D eigenvalue weighted by molar-refractivity contribution is -0.272. The van der Waals surface area contributed by atoms with Crippen molar-refractivity contribution in [2.45, 2.75) is 44.3 Å². The number of alkyl halides is 5. The van der Waals surface area contributed by atoms with Crippen LogP contribution in [-0.2, 0) is 9.53 Å². The summed E-state index contributed by atoms with van der Waals surface area (Å²) >= 11 is 0. The van der Waals surface area contributed by atoms with Gasteiger partial charge in [-0.2, -0.15) is 26.3 Å². The molecule has 1 aliphatic rings. The highest BCUT2D eigenvalue weighted by Crippen LogP contribution is 2.55. The molecule has 2 aromatic rings. The van der Waals surface area contributed by atoms with Crippen molar-refractivity contribution in [2.24, 2.45) is 5.92 Å². The Morgan fingerprint density at radius 2 is 1.86 bits per heavy atom. The highest BCUT2D eigenvalue weighted by Gasteiger charge is 2.66. The zero-order valence-corrected chi connectivity index (χ0v) is 18.9. The number of hydrogen-bond acceptors (Lipinski definition) is 5. The highest BCUT2D eigenvalue weighted by molar-refractivity contribution is 5.97. The van der Waals surface area contributed by atoms with Crippen molar-refractivity contribution in [3.8, 4) is 5.75 Å². The molecule has 4 atom stereocenters. The van der Waals surface area contributed by atoms with Crippen molar-refractivity contribution in [3.05, 3.63) is 53.4 Å². The van der Waals surface area contributed by atoms with E-state index in [4.69, 9.17) is 4.74 Å². The molecule has 14 heteroatoms. The summed E-state index contributed by atoms with van der Waals surface area (Å²) in [4.78, 5) is 28.7. The number of rotatable bonds is 6. The Balaban J connectivity index is 2.09. The number of ether oxygens (including phenoxy) is 2. The Morgan fingerprint density at radius 1 is 1.19 bits per heavy atom. The molecule has 1 fully saturated rings. The number of anilines is 1. The minimum atomic E-state index is -5.04. The number of nitrogens with one attached hydrogen (secondary N) is 2. The molecule has 3 rings (SSSR count). The Labute approximate surface area is 200 Å². The van der Waals surface area contributed by atoms with Crippen LogP contribution < -0.4 is 15.4 Å². The number of hydrogen-bond donors (Lipinski definition) is 2. The molecule has 1 aromatic heterocycles. The minimum Gasteiger partial charge on any atom is -0.431 e. The molecule has 1 saturated heterocycles. The average molecular weight is 523 g/mol. The predicted molar refractivity (Wildman–Crippen MR) is 110 cm³/mol. The van der Waals surface area contributed by atoms with Gasteiger partial charge in [0.1, 0.15) is 11.8 Å². The summed E-state index contributed by atoms with van der Waals surface area (Å²) in [5, 5.41) is 4.60. The van der Waals surface area contributed by atoms with Gasteiger partial charge < -0.3 is 20.1 Å². The van der Waals surface area contributed by atoms with Crippen LogP contribution in [0.25, 0.3) is 0 Å². The first kappa shape index (κ1) is 27.2. The Bertz CT molecular complexity index is 1160. The van der Waals surface area contributed by atoms with Crippen molar-refractivity contribution >= 4 is 17.5 Å². The number of pyridine rings is 1. The van der Waals surface area contributed by atoms with Gasteiger partial charge in [0.05, 0.1) is 0 Å². The number of aromatic nitrogens is 1. The minimum absolute atomic E-state index is 0.0430. The predicted octanol–water partition coefficient (Wildman–Crippen LogP) is 4.40. The van der Waals surface area contributed by atoms with Crippen LogP contribution in [0, 0.1) is 17.6 Å². The largest absolute Gasteiger partial charge is 0.431 e. The van der Waals surface area contributed by atoms with E-state index in [1.807, 2.05) is 0 Å². The Hall–Kier alpha value is -3.42. The van der Waals surface area contributed by atoms with E-state index in [2.05, 4.69) is 20.4 Å². The maximum absolute atomic E-state index is 14.4. The molecule has 196 valence electrons. The summed E-state index contributed by atoms with van der Waals surface area (Å²) in [5.74, 6) is -9.89. The van der Waals surface area contributed by atoms with Crippen LogP contribution in [0.15, 0.2) is 30.5 Å². The summed E-state index contributed by atoms with van der Waals surface area (Å²) < 4.78 is 105. The zero-order chi connectivity index (χ0) is 27.0. The third-order valence-corrected chi connectivity index (χ3v) is 6.06. The molecule has 0 unspecified atom stereocenters. The van der Waals surface area contributed by atoms with Gasteiger partial charge in [0.25, 0.3) is 11.8 Å². The van der Waals surface area contributed by atoms with E-state index >= 15 is 0 Å². The van der Waals surface area contributed by atoms with E-state index in [-0.39, 0.29) is 11.4 Å². The van der Waals surface area contributed by atoms with Gasteiger partial charge in [-0.3, -0.25) is 14.6 Å². The van der Waals surface area contributed by atoms with E-state index in [1.54, 1.807) is 0 Å². The van der Waals surface area contributed by atoms with Gasteiger partial charge in [-0.05, 0) is 25.1 Å². The number of benzene rings is 1. The molecular weight excluding hydrogens is 503 g/mol. The number of carbonyl (C=O) groups is 2. The second kappa shape index (κ2) is 9.91. The summed E-state index contributed by atoms with van der Waals surface area (Å²) in [7, 11) is 1.33. The van der Waals surface area contributed by atoms with E-state index in [0.29, 0.717) is 13.0 Å². The van der Waals surface area contributed by atoms with Crippen LogP contribution >= 0.6 is 0 Å². The van der Waals surface area contributed by atoms with Crippen LogP contribution in [-0.4, -0.2) is 48.3 Å². The molecule has 0 spiro atoms. The quantitative estimate of drug-likeness (QED) is 0.548. The highest BCUT2D eigenvalue weighted by atomic mass is 19.4. The molecule has 2 amide bonds. The zero-order valence-electron chi connectivity index (χ0n) is 18.9. The molecule has 0 aliphatic carbocycles. The molecule has 2 heterocycles. The first-order valence-electron chi connectivity index (χ1n) is 10.4. The summed E-state index contributed by atoms with van der Waals surface area (Å²) in [6.07, 6.45) is -5.89. The molecule has 0 radical (unpaired) electrons. The van der Waals surface area contributed by atoms with Crippen LogP contribution in [0.5, 0.6) is 5.75 Å². The fourth-order valence-electron chi connectivity index (χ4n) is 4.02. The van der Waals surface area contributed by atoms with E-state index in [0.717, 1.165) is 25.3 Å². The third-order valence-electron chi connectivity index (χ3n) is 6.06. The topological polar surface area (TPSA) is 89.6 Å². The SMILES string of the molecule is CNC(=O)c1cc(NC(=O)[C@@H]2O[C@](C)(C(F)(F)F)[C@@H](C)[C@H]2c2ccc(F)c(F)c2OC(F)F)ccn1. The standard InChI is InChI=1S/C22H20F7N3O4/c1-9-14(11-4-5-12(23)15(24)16(11)35-20(25)26)17(36-21(9,2)22(27,28)29)19(34)32-10-6-7-31-13(8-10)18(33)30-3/h4-9,14,17,20H,1-3H3,(H,30,33)(H,31,32,34)/t9-,14-,17+,21-/m0/s1. The number of nitrogens with zero attached hydrogens (tertiary/aromatic N) is 1. The molecule has 0 saturated carbocycles. The maximum atomic E-state index is 14.4. The second-order valence-electron chi connectivity index (χ2n) is 8.11. The lowest BCUT2D eigenvalue weighted by Crippen LogP contribution is -2.47. The van der Waals surface area contributed by atoms with Gasteiger partial charge >= 0.3 is 12.8 Å². The summed E-state index contributed by atoms with van der Waals surface area (Å²) in [6.45, 7) is -1.95. The van der Waals surface area contributed by atoms with E-state index < -0.39 is 71.1 Å². The van der Waals surface area contributed by atoms with Crippen LogP contribution in [0.3, 0.4) is 0 Å². The van der Waals surface area contributed by atoms with Gasteiger partial charge in [0, 0.05) is 36.3 Å². The lowest BCUT2D eigenvalue weighted by Gasteiger charge is -2.32. The maximum Gasteiger partial charge on any atom is 0.417 e. The average Bonchev–Trinajstić information content (AvgIpc) is 3.08. The normalized spacial score (nSPS) is 24.0. The van der Waals surface area contributed by atoms with Gasteiger partial charge in [-0.1, -0.05) is 13.0 Å². The van der Waals surface area contributed by atoms with Crippen LogP contribution in [0.1, 0.15) is 35.8 Å². The van der Waals surface area contributed by atoms with Crippen LogP contribution in [0.2, 0.25) is 0 Å². The fraction of sp³-hybridized carbons (Fsp3) is 0.409. The Morgan fingerprint density at radius 3 is 2.44 bits per heavy atom. The monoisotopic (exact) mass is 523 g/mol. The summed E-state index contributed by atoms with van der Waals surface area (Å²) in [6, 6.07) is 3.66. The smallest absolute Gasteiger partial charge is 0.417 e. The molecule has 1 aliphatic heterocycles. The first-order chi connectivity index (χ1) is 16.7. The molecular formula is C22H20F7N3O4. The second-order valence-corrected chi connectivity index (χ2v) is 8.11. The number of carbonyl (C=O) groups excluding carboxylic acids is 2. The van der Waals surface area contributed by atoms with Gasteiger partial charge in [-0.15, -0.1) is 0 Å². The van der Waals surface area contributed by atoms with Crippen molar-refractivity contribution in [1.29, 1.82) is 0 Å². The molecule has 2 N–H and O–H groups in total. The van der Waals surface area contributed by atoms with E-state index in [1.165, 1.54) is 13.1 Å². The van der Waals surface area contributed by atoms with Gasteiger partial charge in [0.2, 0.25) is 5.82 Å². The fourth-order valence-corrected chi connectivity index (χ4v) is 4.02. The van der Waals surface area contributed by atoms with Crippen molar-refractivity contribution < 1.29 is 49.8 Å². The molecule has 0 bridgehead atoms. The number of amides is 2. The summed E-state index contributed by atoms with van der Waals surface area (Å²) in [5.41, 5.74) is -3.76. The Kier molecular flexibility index (Phi) is 7.48. The van der Waals surface area contributed by atoms with Gasteiger partial charge in [0.15, 0.2) is 17.2 Å². The number of halogens is 7. The van der Waals surface area contributed by atoms with Crippen molar-refractivity contribution in [3.63, 3.8) is 0 Å². The molecule has 1 aromatic carbocycles. The van der Waals surface area contributed by atoms with Gasteiger partial charge in [-0.25, -0.2) is 4.39 Å². The van der Waals surface area contributed by atoms with Crippen molar-refractivity contribution in [1.82, 2.24) is 10.3 Å². The third kappa shape index (κ3) is 4.94. The first-order valence-corrected chi connectivity index (χ1v) is 10.4. The van der Waals surface area contributed by atoms with Crippen LogP contribution in [0.4, 0.5) is 36.4 Å². The van der Waals surface area contributed by atoms with E-state index in [9.17, 15) is 40.3 Å². The molecule has 7 nitrogen and oxygen atoms in total. The van der Waals surface area contributed by atoms with Crippen molar-refractivity contribution in [2.75, 3.05) is 12.4 Å².